The van der Waals surface area contributed by atoms with Gasteiger partial charge < -0.3 is 14.7 Å². The molecule has 1 aromatic carbocycles. The van der Waals surface area contributed by atoms with Crippen LogP contribution in [0.2, 0.25) is 0 Å². The van der Waals surface area contributed by atoms with Crippen LogP contribution in [0.25, 0.3) is 0 Å². The summed E-state index contributed by atoms with van der Waals surface area (Å²) in [5, 5.41) is 20.5. The monoisotopic (exact) mass is 387 g/mol. The highest BCUT2D eigenvalue weighted by Gasteiger charge is 2.30. The molecule has 0 atom stereocenters. The molecule has 144 valence electrons. The Hall–Kier alpha value is -2.24. The van der Waals surface area contributed by atoms with Crippen molar-refractivity contribution in [3.05, 3.63) is 28.3 Å². The van der Waals surface area contributed by atoms with Gasteiger partial charge in [-0.25, -0.2) is 8.42 Å². The van der Waals surface area contributed by atoms with Crippen LogP contribution in [-0.4, -0.2) is 68.1 Å². The molecule has 1 aliphatic rings. The van der Waals surface area contributed by atoms with Crippen molar-refractivity contribution in [3.8, 4) is 0 Å². The van der Waals surface area contributed by atoms with Crippen molar-refractivity contribution in [2.45, 2.75) is 18.2 Å². The number of carboxylic acid groups (broad SMARTS) is 1. The maximum Gasteiger partial charge on any atom is 0.323 e. The van der Waals surface area contributed by atoms with E-state index in [0.717, 1.165) is 6.07 Å². The fraction of sp³-hybridized carbons (Fsp3) is 0.533. The van der Waals surface area contributed by atoms with Gasteiger partial charge in [0.05, 0.1) is 23.0 Å². The van der Waals surface area contributed by atoms with E-state index in [-0.39, 0.29) is 36.9 Å². The lowest BCUT2D eigenvalue weighted by Crippen LogP contribution is -2.40. The van der Waals surface area contributed by atoms with Crippen LogP contribution < -0.4 is 4.90 Å². The number of nitro benzene ring substituents is 1. The van der Waals surface area contributed by atoms with Crippen molar-refractivity contribution < 1.29 is 28.0 Å². The predicted octanol–water partition coefficient (Wildman–Crippen LogP) is 0.917. The van der Waals surface area contributed by atoms with Crippen molar-refractivity contribution in [2.24, 2.45) is 0 Å². The number of ether oxygens (including phenoxy) is 1. The SMILES string of the molecule is CCCN(CC(=O)O)c1ccc(S(=O)(=O)N2CCOCC2)cc1[N+](=O)[O-]. The number of rotatable bonds is 8. The van der Waals surface area contributed by atoms with Crippen molar-refractivity contribution in [2.75, 3.05) is 44.3 Å². The second kappa shape index (κ2) is 8.43. The molecule has 1 heterocycles. The maximum absolute atomic E-state index is 12.7. The molecule has 0 amide bonds. The summed E-state index contributed by atoms with van der Waals surface area (Å²) in [6.45, 7) is 2.59. The van der Waals surface area contributed by atoms with Gasteiger partial charge in [0.25, 0.3) is 5.69 Å². The zero-order valence-electron chi connectivity index (χ0n) is 14.3. The molecule has 1 aliphatic heterocycles. The molecule has 1 N–H and O–H groups in total. The Bertz CT molecular complexity index is 775. The minimum atomic E-state index is -3.88. The lowest BCUT2D eigenvalue weighted by Gasteiger charge is -2.26. The number of nitrogens with zero attached hydrogens (tertiary/aromatic N) is 3. The Labute approximate surface area is 151 Å². The van der Waals surface area contributed by atoms with Crippen LogP contribution in [0.1, 0.15) is 13.3 Å². The number of morpholine rings is 1. The molecule has 2 rings (SSSR count). The first-order valence-electron chi connectivity index (χ1n) is 8.10. The van der Waals surface area contributed by atoms with E-state index in [4.69, 9.17) is 9.84 Å². The van der Waals surface area contributed by atoms with Crippen molar-refractivity contribution in [3.63, 3.8) is 0 Å². The van der Waals surface area contributed by atoms with Crippen LogP contribution in [0.5, 0.6) is 0 Å². The van der Waals surface area contributed by atoms with E-state index in [1.54, 1.807) is 0 Å². The molecule has 0 aromatic heterocycles. The average molecular weight is 387 g/mol. The first kappa shape index (κ1) is 20.1. The first-order chi connectivity index (χ1) is 12.3. The van der Waals surface area contributed by atoms with Crippen LogP contribution in [0, 0.1) is 10.1 Å². The minimum absolute atomic E-state index is 0.0835. The molecule has 0 radical (unpaired) electrons. The van der Waals surface area contributed by atoms with Crippen LogP contribution in [-0.2, 0) is 19.6 Å². The Balaban J connectivity index is 2.44. The summed E-state index contributed by atoms with van der Waals surface area (Å²) in [7, 11) is -3.88. The molecule has 1 aromatic rings. The van der Waals surface area contributed by atoms with Gasteiger partial charge in [-0.05, 0) is 18.6 Å². The molecular formula is C15H21N3O7S. The van der Waals surface area contributed by atoms with Gasteiger partial charge >= 0.3 is 5.97 Å². The average Bonchev–Trinajstić information content (AvgIpc) is 2.61. The second-order valence-electron chi connectivity index (χ2n) is 5.74. The molecule has 0 unspecified atom stereocenters. The zero-order chi connectivity index (χ0) is 19.3. The lowest BCUT2D eigenvalue weighted by atomic mass is 10.2. The van der Waals surface area contributed by atoms with Crippen molar-refractivity contribution >= 4 is 27.4 Å². The van der Waals surface area contributed by atoms with Crippen molar-refractivity contribution in [1.29, 1.82) is 0 Å². The molecule has 0 saturated carbocycles. The molecular weight excluding hydrogens is 366 g/mol. The summed E-state index contributed by atoms with van der Waals surface area (Å²) in [4.78, 5) is 23.0. The third kappa shape index (κ3) is 4.48. The largest absolute Gasteiger partial charge is 0.480 e. The van der Waals surface area contributed by atoms with E-state index in [1.807, 2.05) is 6.92 Å². The van der Waals surface area contributed by atoms with E-state index in [9.17, 15) is 23.3 Å². The molecule has 0 bridgehead atoms. The molecule has 0 spiro atoms. The molecule has 1 fully saturated rings. The van der Waals surface area contributed by atoms with E-state index in [2.05, 4.69) is 0 Å². The number of anilines is 1. The normalized spacial score (nSPS) is 15.6. The Morgan fingerprint density at radius 3 is 2.58 bits per heavy atom. The Morgan fingerprint density at radius 2 is 2.04 bits per heavy atom. The zero-order valence-corrected chi connectivity index (χ0v) is 15.1. The predicted molar refractivity (Wildman–Crippen MR) is 92.8 cm³/mol. The van der Waals surface area contributed by atoms with Crippen LogP contribution in [0.15, 0.2) is 23.1 Å². The van der Waals surface area contributed by atoms with E-state index < -0.39 is 33.1 Å². The highest BCUT2D eigenvalue weighted by Crippen LogP contribution is 2.32. The fourth-order valence-corrected chi connectivity index (χ4v) is 4.16. The number of benzene rings is 1. The second-order valence-corrected chi connectivity index (χ2v) is 7.68. The third-order valence-corrected chi connectivity index (χ3v) is 5.81. The summed E-state index contributed by atoms with van der Waals surface area (Å²) in [5.74, 6) is -1.13. The van der Waals surface area contributed by atoms with Crippen LogP contribution >= 0.6 is 0 Å². The van der Waals surface area contributed by atoms with Gasteiger partial charge in [0.15, 0.2) is 0 Å². The number of carbonyl (C=O) groups is 1. The molecule has 10 nitrogen and oxygen atoms in total. The fourth-order valence-electron chi connectivity index (χ4n) is 2.73. The number of sulfonamides is 1. The highest BCUT2D eigenvalue weighted by molar-refractivity contribution is 7.89. The van der Waals surface area contributed by atoms with Gasteiger partial charge in [-0.2, -0.15) is 4.31 Å². The summed E-state index contributed by atoms with van der Waals surface area (Å²) in [6, 6.07) is 3.56. The Morgan fingerprint density at radius 1 is 1.38 bits per heavy atom. The van der Waals surface area contributed by atoms with Gasteiger partial charge in [-0.3, -0.25) is 14.9 Å². The lowest BCUT2D eigenvalue weighted by molar-refractivity contribution is -0.384. The van der Waals surface area contributed by atoms with Crippen LogP contribution in [0.4, 0.5) is 11.4 Å². The molecule has 26 heavy (non-hydrogen) atoms. The summed E-state index contributed by atoms with van der Waals surface area (Å²) >= 11 is 0. The summed E-state index contributed by atoms with van der Waals surface area (Å²) in [6.07, 6.45) is 0.582. The number of hydrogen-bond donors (Lipinski definition) is 1. The number of carboxylic acids is 1. The molecule has 11 heteroatoms. The topological polar surface area (TPSA) is 130 Å². The van der Waals surface area contributed by atoms with E-state index >= 15 is 0 Å². The van der Waals surface area contributed by atoms with E-state index in [1.165, 1.54) is 21.3 Å². The van der Waals surface area contributed by atoms with E-state index in [0.29, 0.717) is 13.0 Å². The van der Waals surface area contributed by atoms with Gasteiger partial charge in [0.1, 0.15) is 12.2 Å². The number of aliphatic carboxylic acids is 1. The first-order valence-corrected chi connectivity index (χ1v) is 9.54. The smallest absolute Gasteiger partial charge is 0.323 e. The molecule has 0 aliphatic carbocycles. The van der Waals surface area contributed by atoms with Gasteiger partial charge in [-0.15, -0.1) is 0 Å². The van der Waals surface area contributed by atoms with Gasteiger partial charge in [0.2, 0.25) is 10.0 Å². The standard InChI is InChI=1S/C15H21N3O7S/c1-2-5-16(11-15(19)20)13-4-3-12(10-14(13)18(21)22)26(23,24)17-6-8-25-9-7-17/h3-4,10H,2,5-9,11H2,1H3,(H,19,20). The van der Waals surface area contributed by atoms with Crippen molar-refractivity contribution in [1.82, 2.24) is 4.31 Å². The van der Waals surface area contributed by atoms with Crippen LogP contribution in [0.3, 0.4) is 0 Å². The quantitative estimate of drug-likeness (QED) is 0.515. The minimum Gasteiger partial charge on any atom is -0.480 e. The third-order valence-electron chi connectivity index (χ3n) is 3.91. The Kier molecular flexibility index (Phi) is 6.51. The maximum atomic E-state index is 12.7. The number of hydrogen-bond acceptors (Lipinski definition) is 7. The van der Waals surface area contributed by atoms with Gasteiger partial charge in [0, 0.05) is 25.7 Å². The van der Waals surface area contributed by atoms with Gasteiger partial charge in [-0.1, -0.05) is 6.92 Å². The highest BCUT2D eigenvalue weighted by atomic mass is 32.2. The number of nitro groups is 1. The summed E-state index contributed by atoms with van der Waals surface area (Å²) in [5.41, 5.74) is -0.353. The molecule has 1 saturated heterocycles. The summed E-state index contributed by atoms with van der Waals surface area (Å²) < 4.78 is 31.7.